The standard InChI is InChI=1S/C17H28N4O/c1-3-11-22-16-10-9-14(12-19-16)13-20-17(18-2)21-15-7-5-4-6-8-15/h9-10,12,15H,3-8,11,13H2,1-2H3,(H2,18,20,21). The van der Waals surface area contributed by atoms with Gasteiger partial charge in [0.2, 0.25) is 5.88 Å². The van der Waals surface area contributed by atoms with E-state index in [1.807, 2.05) is 25.4 Å². The normalized spacial score (nSPS) is 16.4. The Morgan fingerprint density at radius 3 is 2.77 bits per heavy atom. The zero-order valence-electron chi connectivity index (χ0n) is 13.8. The second-order valence-electron chi connectivity index (χ2n) is 5.76. The predicted molar refractivity (Wildman–Crippen MR) is 90.2 cm³/mol. The van der Waals surface area contributed by atoms with Crippen LogP contribution in [0.5, 0.6) is 5.88 Å². The van der Waals surface area contributed by atoms with Crippen LogP contribution in [-0.2, 0) is 6.54 Å². The molecule has 0 saturated heterocycles. The maximum absolute atomic E-state index is 5.49. The molecule has 5 nitrogen and oxygen atoms in total. The molecule has 0 bridgehead atoms. The van der Waals surface area contributed by atoms with E-state index in [9.17, 15) is 0 Å². The number of guanidine groups is 1. The van der Waals surface area contributed by atoms with E-state index in [4.69, 9.17) is 4.74 Å². The van der Waals surface area contributed by atoms with Crippen LogP contribution in [0.4, 0.5) is 0 Å². The van der Waals surface area contributed by atoms with Gasteiger partial charge in [0.15, 0.2) is 5.96 Å². The van der Waals surface area contributed by atoms with Gasteiger partial charge in [0, 0.05) is 31.9 Å². The second kappa shape index (κ2) is 9.28. The van der Waals surface area contributed by atoms with Crippen molar-refractivity contribution in [2.24, 2.45) is 4.99 Å². The Morgan fingerprint density at radius 1 is 1.32 bits per heavy atom. The first kappa shape index (κ1) is 16.6. The van der Waals surface area contributed by atoms with E-state index >= 15 is 0 Å². The quantitative estimate of drug-likeness (QED) is 0.627. The lowest BCUT2D eigenvalue weighted by atomic mass is 9.96. The second-order valence-corrected chi connectivity index (χ2v) is 5.76. The molecule has 2 rings (SSSR count). The number of hydrogen-bond donors (Lipinski definition) is 2. The minimum atomic E-state index is 0.558. The molecule has 1 saturated carbocycles. The Hall–Kier alpha value is -1.78. The lowest BCUT2D eigenvalue weighted by Gasteiger charge is -2.24. The molecule has 0 unspecified atom stereocenters. The van der Waals surface area contributed by atoms with Crippen molar-refractivity contribution in [2.75, 3.05) is 13.7 Å². The largest absolute Gasteiger partial charge is 0.478 e. The van der Waals surface area contributed by atoms with Gasteiger partial charge in [-0.15, -0.1) is 0 Å². The minimum absolute atomic E-state index is 0.558. The fourth-order valence-electron chi connectivity index (χ4n) is 2.63. The molecule has 1 fully saturated rings. The van der Waals surface area contributed by atoms with Crippen LogP contribution in [0.2, 0.25) is 0 Å². The van der Waals surface area contributed by atoms with Crippen molar-refractivity contribution in [2.45, 2.75) is 58.0 Å². The lowest BCUT2D eigenvalue weighted by molar-refractivity contribution is 0.305. The average Bonchev–Trinajstić information content (AvgIpc) is 2.58. The first-order valence-corrected chi connectivity index (χ1v) is 8.36. The third-order valence-electron chi connectivity index (χ3n) is 3.88. The molecule has 1 aromatic heterocycles. The summed E-state index contributed by atoms with van der Waals surface area (Å²) in [6.07, 6.45) is 9.33. The summed E-state index contributed by atoms with van der Waals surface area (Å²) in [5.41, 5.74) is 1.12. The minimum Gasteiger partial charge on any atom is -0.478 e. The van der Waals surface area contributed by atoms with Gasteiger partial charge >= 0.3 is 0 Å². The number of pyridine rings is 1. The maximum Gasteiger partial charge on any atom is 0.213 e. The average molecular weight is 304 g/mol. The molecule has 22 heavy (non-hydrogen) atoms. The number of ether oxygens (including phenoxy) is 1. The fourth-order valence-corrected chi connectivity index (χ4v) is 2.63. The summed E-state index contributed by atoms with van der Waals surface area (Å²) >= 11 is 0. The molecule has 0 amide bonds. The Kier molecular flexibility index (Phi) is 7.00. The highest BCUT2D eigenvalue weighted by Crippen LogP contribution is 2.17. The van der Waals surface area contributed by atoms with Crippen LogP contribution >= 0.6 is 0 Å². The van der Waals surface area contributed by atoms with E-state index in [0.717, 1.165) is 17.9 Å². The number of hydrogen-bond acceptors (Lipinski definition) is 3. The smallest absolute Gasteiger partial charge is 0.213 e. The number of aliphatic imine (C=N–C) groups is 1. The van der Waals surface area contributed by atoms with Crippen LogP contribution in [0.1, 0.15) is 51.0 Å². The van der Waals surface area contributed by atoms with Gasteiger partial charge in [-0.05, 0) is 24.8 Å². The number of nitrogens with one attached hydrogen (secondary N) is 2. The Balaban J connectivity index is 1.77. The van der Waals surface area contributed by atoms with Gasteiger partial charge in [0.05, 0.1) is 6.61 Å². The highest BCUT2D eigenvalue weighted by Gasteiger charge is 2.14. The van der Waals surface area contributed by atoms with Crippen LogP contribution in [0.25, 0.3) is 0 Å². The molecular formula is C17H28N4O. The fraction of sp³-hybridized carbons (Fsp3) is 0.647. The highest BCUT2D eigenvalue weighted by atomic mass is 16.5. The van der Waals surface area contributed by atoms with Crippen molar-refractivity contribution in [1.82, 2.24) is 15.6 Å². The zero-order valence-corrected chi connectivity index (χ0v) is 13.8. The van der Waals surface area contributed by atoms with E-state index in [1.165, 1.54) is 32.1 Å². The van der Waals surface area contributed by atoms with Gasteiger partial charge in [-0.1, -0.05) is 32.3 Å². The molecule has 122 valence electrons. The van der Waals surface area contributed by atoms with E-state index in [1.54, 1.807) is 0 Å². The molecule has 0 spiro atoms. The molecule has 1 aliphatic rings. The van der Waals surface area contributed by atoms with Crippen molar-refractivity contribution < 1.29 is 4.74 Å². The molecule has 0 radical (unpaired) electrons. The van der Waals surface area contributed by atoms with E-state index < -0.39 is 0 Å². The maximum atomic E-state index is 5.49. The summed E-state index contributed by atoms with van der Waals surface area (Å²) in [7, 11) is 1.82. The van der Waals surface area contributed by atoms with Crippen molar-refractivity contribution in [3.05, 3.63) is 23.9 Å². The van der Waals surface area contributed by atoms with Crippen molar-refractivity contribution in [1.29, 1.82) is 0 Å². The van der Waals surface area contributed by atoms with Gasteiger partial charge in [-0.2, -0.15) is 0 Å². The third-order valence-corrected chi connectivity index (χ3v) is 3.88. The van der Waals surface area contributed by atoms with Gasteiger partial charge < -0.3 is 15.4 Å². The number of rotatable bonds is 6. The number of aromatic nitrogens is 1. The predicted octanol–water partition coefficient (Wildman–Crippen LogP) is 2.87. The first-order chi connectivity index (χ1) is 10.8. The summed E-state index contributed by atoms with van der Waals surface area (Å²) in [5.74, 6) is 1.56. The summed E-state index contributed by atoms with van der Waals surface area (Å²) in [6.45, 7) is 3.51. The van der Waals surface area contributed by atoms with E-state index in [-0.39, 0.29) is 0 Å². The van der Waals surface area contributed by atoms with Crippen molar-refractivity contribution in [3.8, 4) is 5.88 Å². The van der Waals surface area contributed by atoms with Gasteiger partial charge in [0.25, 0.3) is 0 Å². The summed E-state index contributed by atoms with van der Waals surface area (Å²) in [6, 6.07) is 4.52. The van der Waals surface area contributed by atoms with Gasteiger partial charge in [-0.3, -0.25) is 4.99 Å². The summed E-state index contributed by atoms with van der Waals surface area (Å²) in [4.78, 5) is 8.62. The molecule has 1 heterocycles. The highest BCUT2D eigenvalue weighted by molar-refractivity contribution is 5.79. The van der Waals surface area contributed by atoms with E-state index in [0.29, 0.717) is 25.1 Å². The van der Waals surface area contributed by atoms with Crippen LogP contribution in [0, 0.1) is 0 Å². The molecule has 0 atom stereocenters. The molecule has 5 heteroatoms. The first-order valence-electron chi connectivity index (χ1n) is 8.36. The molecule has 1 aromatic rings. The van der Waals surface area contributed by atoms with Crippen LogP contribution in [-0.4, -0.2) is 30.6 Å². The summed E-state index contributed by atoms with van der Waals surface area (Å²) in [5, 5.41) is 6.86. The monoisotopic (exact) mass is 304 g/mol. The number of nitrogens with zero attached hydrogens (tertiary/aromatic N) is 2. The van der Waals surface area contributed by atoms with Crippen LogP contribution in [0.3, 0.4) is 0 Å². The Labute approximate surface area is 133 Å². The van der Waals surface area contributed by atoms with Gasteiger partial charge in [0.1, 0.15) is 0 Å². The lowest BCUT2D eigenvalue weighted by Crippen LogP contribution is -2.43. The van der Waals surface area contributed by atoms with E-state index in [2.05, 4.69) is 27.5 Å². The van der Waals surface area contributed by atoms with Gasteiger partial charge in [-0.25, -0.2) is 4.98 Å². The van der Waals surface area contributed by atoms with Crippen molar-refractivity contribution >= 4 is 5.96 Å². The molecule has 0 aliphatic heterocycles. The topological polar surface area (TPSA) is 58.5 Å². The van der Waals surface area contributed by atoms with Crippen LogP contribution in [0.15, 0.2) is 23.3 Å². The molecule has 2 N–H and O–H groups in total. The zero-order chi connectivity index (χ0) is 15.6. The summed E-state index contributed by atoms with van der Waals surface area (Å²) < 4.78 is 5.49. The third kappa shape index (κ3) is 5.54. The Morgan fingerprint density at radius 2 is 2.14 bits per heavy atom. The molecule has 1 aliphatic carbocycles. The van der Waals surface area contributed by atoms with Crippen LogP contribution < -0.4 is 15.4 Å². The molecule has 0 aromatic carbocycles. The molecular weight excluding hydrogens is 276 g/mol. The van der Waals surface area contributed by atoms with Crippen molar-refractivity contribution in [3.63, 3.8) is 0 Å². The Bertz CT molecular complexity index is 452. The SMILES string of the molecule is CCCOc1ccc(CNC(=NC)NC2CCCCC2)cn1.